The van der Waals surface area contributed by atoms with Crippen LogP contribution in [0.15, 0.2) is 0 Å². The van der Waals surface area contributed by atoms with E-state index in [2.05, 4.69) is 27.7 Å². The van der Waals surface area contributed by atoms with Crippen molar-refractivity contribution in [3.8, 4) is 0 Å². The summed E-state index contributed by atoms with van der Waals surface area (Å²) in [5.74, 6) is 2.53. The van der Waals surface area contributed by atoms with Crippen LogP contribution >= 0.6 is 0 Å². The summed E-state index contributed by atoms with van der Waals surface area (Å²) in [7, 11) is 0. The number of nitrogens with zero attached hydrogens (tertiary/aromatic N) is 1. The topological polar surface area (TPSA) is 55.6 Å². The Labute approximate surface area is 135 Å². The van der Waals surface area contributed by atoms with Crippen LogP contribution in [-0.4, -0.2) is 42.6 Å². The SMILES string of the molecule is CC1CCC(C(C)C)C(OCC(=O)N2CC(CN)CC2C)C1. The summed E-state index contributed by atoms with van der Waals surface area (Å²) in [4.78, 5) is 14.4. The number of amides is 1. The van der Waals surface area contributed by atoms with Crippen LogP contribution in [0.4, 0.5) is 0 Å². The summed E-state index contributed by atoms with van der Waals surface area (Å²) in [6.45, 7) is 10.7. The number of nitrogens with two attached hydrogens (primary N) is 1. The molecule has 0 bridgehead atoms. The first-order valence-electron chi connectivity index (χ1n) is 9.03. The fourth-order valence-electron chi connectivity index (χ4n) is 4.23. The largest absolute Gasteiger partial charge is 0.368 e. The third-order valence-electron chi connectivity index (χ3n) is 5.70. The molecule has 1 aliphatic heterocycles. The molecule has 0 spiro atoms. The molecule has 0 aromatic rings. The molecule has 5 unspecified atom stereocenters. The lowest BCUT2D eigenvalue weighted by atomic mass is 9.75. The van der Waals surface area contributed by atoms with Crippen molar-refractivity contribution in [1.29, 1.82) is 0 Å². The molecule has 4 nitrogen and oxygen atoms in total. The van der Waals surface area contributed by atoms with Gasteiger partial charge in [0.25, 0.3) is 0 Å². The highest BCUT2D eigenvalue weighted by Crippen LogP contribution is 2.35. The van der Waals surface area contributed by atoms with Crippen molar-refractivity contribution < 1.29 is 9.53 Å². The Balaban J connectivity index is 1.86. The average Bonchev–Trinajstić information content (AvgIpc) is 2.85. The van der Waals surface area contributed by atoms with E-state index in [1.165, 1.54) is 12.8 Å². The zero-order valence-corrected chi connectivity index (χ0v) is 14.8. The van der Waals surface area contributed by atoms with E-state index in [4.69, 9.17) is 10.5 Å². The predicted octanol–water partition coefficient (Wildman–Crippen LogP) is 2.66. The van der Waals surface area contributed by atoms with Crippen molar-refractivity contribution in [2.24, 2.45) is 29.4 Å². The molecule has 22 heavy (non-hydrogen) atoms. The number of hydrogen-bond acceptors (Lipinski definition) is 3. The number of likely N-dealkylation sites (tertiary alicyclic amines) is 1. The molecule has 4 heteroatoms. The van der Waals surface area contributed by atoms with Crippen molar-refractivity contribution in [3.05, 3.63) is 0 Å². The predicted molar refractivity (Wildman–Crippen MR) is 89.4 cm³/mol. The molecule has 128 valence electrons. The number of hydrogen-bond donors (Lipinski definition) is 1. The highest BCUT2D eigenvalue weighted by molar-refractivity contribution is 5.78. The molecule has 1 saturated carbocycles. The zero-order chi connectivity index (χ0) is 16.3. The number of carbonyl (C=O) groups excluding carboxylic acids is 1. The Morgan fingerprint density at radius 3 is 2.59 bits per heavy atom. The van der Waals surface area contributed by atoms with Crippen LogP contribution in [-0.2, 0) is 9.53 Å². The fourth-order valence-corrected chi connectivity index (χ4v) is 4.23. The van der Waals surface area contributed by atoms with Crippen LogP contribution in [0.1, 0.15) is 53.4 Å². The molecule has 1 amide bonds. The van der Waals surface area contributed by atoms with Gasteiger partial charge < -0.3 is 15.4 Å². The number of rotatable bonds is 5. The average molecular weight is 310 g/mol. The van der Waals surface area contributed by atoms with Gasteiger partial charge in [-0.2, -0.15) is 0 Å². The van der Waals surface area contributed by atoms with Gasteiger partial charge in [0.2, 0.25) is 5.91 Å². The van der Waals surface area contributed by atoms with Crippen molar-refractivity contribution in [1.82, 2.24) is 4.90 Å². The highest BCUT2D eigenvalue weighted by Gasteiger charge is 2.34. The maximum absolute atomic E-state index is 12.5. The molecule has 2 fully saturated rings. The fraction of sp³-hybridized carbons (Fsp3) is 0.944. The standard InChI is InChI=1S/C18H34N2O2/c1-12(2)16-6-5-13(3)7-17(16)22-11-18(21)20-10-15(9-19)8-14(20)4/h12-17H,5-11,19H2,1-4H3. The zero-order valence-electron chi connectivity index (χ0n) is 14.8. The molecular weight excluding hydrogens is 276 g/mol. The number of carbonyl (C=O) groups is 1. The van der Waals surface area contributed by atoms with Gasteiger partial charge in [0.05, 0.1) is 6.10 Å². The van der Waals surface area contributed by atoms with Gasteiger partial charge in [-0.25, -0.2) is 0 Å². The first-order chi connectivity index (χ1) is 10.4. The molecule has 1 aliphatic carbocycles. The smallest absolute Gasteiger partial charge is 0.248 e. The molecule has 1 saturated heterocycles. The van der Waals surface area contributed by atoms with Gasteiger partial charge in [-0.15, -0.1) is 0 Å². The molecule has 0 radical (unpaired) electrons. The second-order valence-electron chi connectivity index (χ2n) is 7.91. The quantitative estimate of drug-likeness (QED) is 0.849. The van der Waals surface area contributed by atoms with E-state index in [9.17, 15) is 4.79 Å². The normalized spacial score (nSPS) is 36.1. The van der Waals surface area contributed by atoms with E-state index in [0.29, 0.717) is 36.3 Å². The Kier molecular flexibility index (Phi) is 6.27. The molecule has 0 aromatic carbocycles. The highest BCUT2D eigenvalue weighted by atomic mass is 16.5. The van der Waals surface area contributed by atoms with E-state index in [1.807, 2.05) is 4.90 Å². The van der Waals surface area contributed by atoms with E-state index in [-0.39, 0.29) is 18.6 Å². The molecule has 2 aliphatic rings. The van der Waals surface area contributed by atoms with Crippen LogP contribution in [0, 0.1) is 23.7 Å². The minimum atomic E-state index is 0.143. The molecule has 2 N–H and O–H groups in total. The summed E-state index contributed by atoms with van der Waals surface area (Å²) in [5.41, 5.74) is 5.75. The van der Waals surface area contributed by atoms with Gasteiger partial charge in [-0.3, -0.25) is 4.79 Å². The van der Waals surface area contributed by atoms with Crippen molar-refractivity contribution in [2.45, 2.75) is 65.5 Å². The van der Waals surface area contributed by atoms with Gasteiger partial charge in [0, 0.05) is 12.6 Å². The molecule has 1 heterocycles. The minimum Gasteiger partial charge on any atom is -0.368 e. The van der Waals surface area contributed by atoms with Crippen molar-refractivity contribution in [2.75, 3.05) is 19.7 Å². The summed E-state index contributed by atoms with van der Waals surface area (Å²) in [6, 6.07) is 0.302. The monoisotopic (exact) mass is 310 g/mol. The van der Waals surface area contributed by atoms with E-state index in [1.54, 1.807) is 0 Å². The Bertz CT molecular complexity index is 372. The van der Waals surface area contributed by atoms with E-state index >= 15 is 0 Å². The van der Waals surface area contributed by atoms with Gasteiger partial charge >= 0.3 is 0 Å². The Hall–Kier alpha value is -0.610. The summed E-state index contributed by atoms with van der Waals surface area (Å²) in [6.07, 6.45) is 4.88. The van der Waals surface area contributed by atoms with Crippen LogP contribution in [0.25, 0.3) is 0 Å². The second kappa shape index (κ2) is 7.78. The molecule has 2 rings (SSSR count). The third kappa shape index (κ3) is 4.23. The molecular formula is C18H34N2O2. The van der Waals surface area contributed by atoms with Gasteiger partial charge in [-0.1, -0.05) is 27.2 Å². The van der Waals surface area contributed by atoms with Crippen LogP contribution in [0.3, 0.4) is 0 Å². The van der Waals surface area contributed by atoms with E-state index < -0.39 is 0 Å². The lowest BCUT2D eigenvalue weighted by molar-refractivity contribution is -0.142. The number of ether oxygens (including phenoxy) is 1. The Morgan fingerprint density at radius 2 is 2.00 bits per heavy atom. The first-order valence-corrected chi connectivity index (χ1v) is 9.03. The summed E-state index contributed by atoms with van der Waals surface area (Å²) < 4.78 is 6.10. The van der Waals surface area contributed by atoms with Crippen LogP contribution in [0.5, 0.6) is 0 Å². The lowest BCUT2D eigenvalue weighted by Gasteiger charge is -2.37. The maximum atomic E-state index is 12.5. The molecule has 5 atom stereocenters. The van der Waals surface area contributed by atoms with Gasteiger partial charge in [0.1, 0.15) is 6.61 Å². The van der Waals surface area contributed by atoms with Crippen LogP contribution in [0.2, 0.25) is 0 Å². The Morgan fingerprint density at radius 1 is 1.27 bits per heavy atom. The molecule has 0 aromatic heterocycles. The van der Waals surface area contributed by atoms with Crippen molar-refractivity contribution >= 4 is 5.91 Å². The van der Waals surface area contributed by atoms with Gasteiger partial charge in [-0.05, 0) is 56.4 Å². The van der Waals surface area contributed by atoms with E-state index in [0.717, 1.165) is 19.4 Å². The summed E-state index contributed by atoms with van der Waals surface area (Å²) >= 11 is 0. The summed E-state index contributed by atoms with van der Waals surface area (Å²) in [5, 5.41) is 0. The van der Waals surface area contributed by atoms with Gasteiger partial charge in [0.15, 0.2) is 0 Å². The maximum Gasteiger partial charge on any atom is 0.248 e. The lowest BCUT2D eigenvalue weighted by Crippen LogP contribution is -2.40. The van der Waals surface area contributed by atoms with Crippen molar-refractivity contribution in [3.63, 3.8) is 0 Å². The third-order valence-corrected chi connectivity index (χ3v) is 5.70. The minimum absolute atomic E-state index is 0.143. The second-order valence-corrected chi connectivity index (χ2v) is 7.91. The first kappa shape index (κ1) is 17.7. The van der Waals surface area contributed by atoms with Crippen LogP contribution < -0.4 is 5.73 Å².